The summed E-state index contributed by atoms with van der Waals surface area (Å²) < 4.78 is 4.98. The number of amides is 2. The number of nitro benzene ring substituents is 1. The molecular weight excluding hydrogens is 438 g/mol. The van der Waals surface area contributed by atoms with Gasteiger partial charge in [0.2, 0.25) is 11.8 Å². The van der Waals surface area contributed by atoms with Gasteiger partial charge < -0.3 is 15.0 Å². The van der Waals surface area contributed by atoms with Crippen LogP contribution in [-0.2, 0) is 25.7 Å². The predicted molar refractivity (Wildman–Crippen MR) is 122 cm³/mol. The smallest absolute Gasteiger partial charge is 0.311 e. The molecule has 3 unspecified atom stereocenters. The molecule has 2 aromatic carbocycles. The van der Waals surface area contributed by atoms with Crippen molar-refractivity contribution in [2.24, 2.45) is 11.8 Å². The third-order valence-corrected chi connectivity index (χ3v) is 6.52. The number of para-hydroxylation sites is 1. The van der Waals surface area contributed by atoms with Crippen LogP contribution in [0.2, 0.25) is 0 Å². The highest BCUT2D eigenvalue weighted by Crippen LogP contribution is 2.47. The second-order valence-electron chi connectivity index (χ2n) is 8.87. The zero-order valence-corrected chi connectivity index (χ0v) is 19.1. The van der Waals surface area contributed by atoms with Crippen LogP contribution in [0.3, 0.4) is 0 Å². The Labute approximate surface area is 197 Å². The van der Waals surface area contributed by atoms with Crippen LogP contribution < -0.4 is 5.32 Å². The van der Waals surface area contributed by atoms with Crippen molar-refractivity contribution in [3.8, 4) is 0 Å². The molecule has 1 heterocycles. The van der Waals surface area contributed by atoms with E-state index in [1.807, 2.05) is 31.2 Å². The van der Waals surface area contributed by atoms with E-state index in [0.29, 0.717) is 12.8 Å². The Hall–Kier alpha value is -3.75. The van der Waals surface area contributed by atoms with Crippen LogP contribution >= 0.6 is 0 Å². The molecule has 178 valence electrons. The van der Waals surface area contributed by atoms with Crippen LogP contribution in [0, 0.1) is 28.9 Å². The maximum atomic E-state index is 13.4. The van der Waals surface area contributed by atoms with Gasteiger partial charge in [-0.25, -0.2) is 0 Å². The second kappa shape index (κ2) is 9.62. The summed E-state index contributed by atoms with van der Waals surface area (Å²) in [5.74, 6) is -2.40. The number of benzene rings is 2. The minimum Gasteiger partial charge on any atom is -0.469 e. The Kier molecular flexibility index (Phi) is 6.63. The van der Waals surface area contributed by atoms with E-state index >= 15 is 0 Å². The van der Waals surface area contributed by atoms with Gasteiger partial charge in [0.1, 0.15) is 6.04 Å². The van der Waals surface area contributed by atoms with E-state index in [1.165, 1.54) is 24.1 Å². The standard InChI is InChI=1S/C25H27N3O6/c1-15-7-9-16(10-8-15)14-26-23(29)21-13-19(25(31)34-2)22(27(21)24(30)17-11-12-17)18-5-3-4-6-20(18)28(32)33/h3-10,17,19,21-22H,11-14H2,1-2H3,(H,26,29). The van der Waals surface area contributed by atoms with Crippen molar-refractivity contribution >= 4 is 23.5 Å². The molecule has 2 fully saturated rings. The summed E-state index contributed by atoms with van der Waals surface area (Å²) in [7, 11) is 1.23. The summed E-state index contributed by atoms with van der Waals surface area (Å²) in [6, 6.07) is 11.8. The van der Waals surface area contributed by atoms with E-state index in [-0.39, 0.29) is 36.0 Å². The maximum absolute atomic E-state index is 13.4. The molecule has 2 aliphatic rings. The van der Waals surface area contributed by atoms with Crippen LogP contribution in [0.5, 0.6) is 0 Å². The van der Waals surface area contributed by atoms with Crippen molar-refractivity contribution in [1.82, 2.24) is 10.2 Å². The summed E-state index contributed by atoms with van der Waals surface area (Å²) in [6.07, 6.45) is 1.42. The number of carbonyl (C=O) groups excluding carboxylic acids is 3. The summed E-state index contributed by atoms with van der Waals surface area (Å²) in [6.45, 7) is 2.23. The largest absolute Gasteiger partial charge is 0.469 e. The number of rotatable bonds is 7. The van der Waals surface area contributed by atoms with E-state index in [9.17, 15) is 24.5 Å². The number of methoxy groups -OCH3 is 1. The minimum absolute atomic E-state index is 0.0293. The minimum atomic E-state index is -0.961. The molecule has 9 nitrogen and oxygen atoms in total. The molecule has 3 atom stereocenters. The van der Waals surface area contributed by atoms with Crippen LogP contribution in [0.4, 0.5) is 5.69 Å². The normalized spacial score (nSPS) is 21.7. The number of likely N-dealkylation sites (tertiary alicyclic amines) is 1. The van der Waals surface area contributed by atoms with Crippen LogP contribution in [0.25, 0.3) is 0 Å². The average molecular weight is 466 g/mol. The highest BCUT2D eigenvalue weighted by Gasteiger charge is 2.54. The van der Waals surface area contributed by atoms with Crippen LogP contribution in [0.1, 0.15) is 42.0 Å². The van der Waals surface area contributed by atoms with Gasteiger partial charge in [-0.2, -0.15) is 0 Å². The van der Waals surface area contributed by atoms with Gasteiger partial charge in [-0.15, -0.1) is 0 Å². The van der Waals surface area contributed by atoms with Gasteiger partial charge >= 0.3 is 5.97 Å². The first-order valence-electron chi connectivity index (χ1n) is 11.3. The number of hydrogen-bond donors (Lipinski definition) is 1. The van der Waals surface area contributed by atoms with Gasteiger partial charge in [-0.1, -0.05) is 48.0 Å². The molecule has 4 rings (SSSR count). The van der Waals surface area contributed by atoms with Gasteiger partial charge in [-0.05, 0) is 31.7 Å². The van der Waals surface area contributed by atoms with Gasteiger partial charge in [0.15, 0.2) is 0 Å². The molecule has 1 aliphatic carbocycles. The lowest BCUT2D eigenvalue weighted by molar-refractivity contribution is -0.386. The third-order valence-electron chi connectivity index (χ3n) is 6.52. The number of ether oxygens (including phenoxy) is 1. The van der Waals surface area contributed by atoms with E-state index < -0.39 is 34.8 Å². The third kappa shape index (κ3) is 4.64. The summed E-state index contributed by atoms with van der Waals surface area (Å²) in [5, 5.41) is 14.6. The molecule has 2 amide bonds. The fourth-order valence-corrected chi connectivity index (χ4v) is 4.60. The number of carbonyl (C=O) groups is 3. The number of esters is 1. The molecule has 0 bridgehead atoms. The molecule has 9 heteroatoms. The van der Waals surface area contributed by atoms with Gasteiger partial charge in [0.05, 0.1) is 29.6 Å². The Bertz CT molecular complexity index is 1110. The second-order valence-corrected chi connectivity index (χ2v) is 8.87. The fraction of sp³-hybridized carbons (Fsp3) is 0.400. The van der Waals surface area contributed by atoms with E-state index in [0.717, 1.165) is 11.1 Å². The highest BCUT2D eigenvalue weighted by atomic mass is 16.6. The molecular formula is C25H27N3O6. The quantitative estimate of drug-likeness (QED) is 0.381. The summed E-state index contributed by atoms with van der Waals surface area (Å²) in [5.41, 5.74) is 2.03. The van der Waals surface area contributed by atoms with Crippen molar-refractivity contribution < 1.29 is 24.0 Å². The number of nitrogens with zero attached hydrogens (tertiary/aromatic N) is 2. The lowest BCUT2D eigenvalue weighted by atomic mass is 9.92. The molecule has 1 saturated heterocycles. The Morgan fingerprint density at radius 1 is 1.12 bits per heavy atom. The van der Waals surface area contributed by atoms with Crippen molar-refractivity contribution in [1.29, 1.82) is 0 Å². The number of nitrogens with one attached hydrogen (secondary N) is 1. The Balaban J connectivity index is 1.69. The Morgan fingerprint density at radius 3 is 2.41 bits per heavy atom. The van der Waals surface area contributed by atoms with Gasteiger partial charge in [-0.3, -0.25) is 24.5 Å². The molecule has 0 spiro atoms. The van der Waals surface area contributed by atoms with E-state index in [2.05, 4.69) is 5.32 Å². The molecule has 0 aromatic heterocycles. The van der Waals surface area contributed by atoms with Crippen molar-refractivity contribution in [2.75, 3.05) is 7.11 Å². The fourth-order valence-electron chi connectivity index (χ4n) is 4.60. The van der Waals surface area contributed by atoms with Gasteiger partial charge in [0.25, 0.3) is 5.69 Å². The monoisotopic (exact) mass is 465 g/mol. The molecule has 1 saturated carbocycles. The van der Waals surface area contributed by atoms with E-state index in [1.54, 1.807) is 12.1 Å². The SMILES string of the molecule is COC(=O)C1CC(C(=O)NCc2ccc(C)cc2)N(C(=O)C2CC2)C1c1ccccc1[N+](=O)[O-]. The summed E-state index contributed by atoms with van der Waals surface area (Å²) >= 11 is 0. The van der Waals surface area contributed by atoms with Crippen molar-refractivity contribution in [2.45, 2.75) is 44.8 Å². The number of aryl methyl sites for hydroxylation is 1. The topological polar surface area (TPSA) is 119 Å². The molecule has 34 heavy (non-hydrogen) atoms. The first-order valence-corrected chi connectivity index (χ1v) is 11.3. The molecule has 1 N–H and O–H groups in total. The van der Waals surface area contributed by atoms with Gasteiger partial charge in [0, 0.05) is 18.5 Å². The lowest BCUT2D eigenvalue weighted by Gasteiger charge is -2.31. The first kappa shape index (κ1) is 23.4. The lowest BCUT2D eigenvalue weighted by Crippen LogP contribution is -2.47. The highest BCUT2D eigenvalue weighted by molar-refractivity contribution is 5.92. The molecule has 2 aromatic rings. The van der Waals surface area contributed by atoms with E-state index in [4.69, 9.17) is 4.74 Å². The predicted octanol–water partition coefficient (Wildman–Crippen LogP) is 3.06. The molecule has 1 aliphatic heterocycles. The average Bonchev–Trinajstić information content (AvgIpc) is 3.62. The Morgan fingerprint density at radius 2 is 1.79 bits per heavy atom. The van der Waals surface area contributed by atoms with Crippen LogP contribution in [-0.4, -0.2) is 40.8 Å². The zero-order chi connectivity index (χ0) is 24.4. The maximum Gasteiger partial charge on any atom is 0.311 e. The van der Waals surface area contributed by atoms with Crippen molar-refractivity contribution in [3.05, 3.63) is 75.3 Å². The molecule has 0 radical (unpaired) electrons. The zero-order valence-electron chi connectivity index (χ0n) is 19.1. The number of hydrogen-bond acceptors (Lipinski definition) is 6. The van der Waals surface area contributed by atoms with Crippen LogP contribution in [0.15, 0.2) is 48.5 Å². The summed E-state index contributed by atoms with van der Waals surface area (Å²) in [4.78, 5) is 52.0. The van der Waals surface area contributed by atoms with Crippen molar-refractivity contribution in [3.63, 3.8) is 0 Å². The number of nitro groups is 1. The first-order chi connectivity index (χ1) is 16.3.